The predicted molar refractivity (Wildman–Crippen MR) is 64.3 cm³/mol. The summed E-state index contributed by atoms with van der Waals surface area (Å²) in [5, 5.41) is 0. The average molecular weight is 282 g/mol. The van der Waals surface area contributed by atoms with Crippen LogP contribution in [-0.4, -0.2) is 29.7 Å². The average Bonchev–Trinajstić information content (AvgIpc) is 2.65. The van der Waals surface area contributed by atoms with Gasteiger partial charge in [0.2, 0.25) is 5.91 Å². The monoisotopic (exact) mass is 281 g/mol. The number of carbonyl (C=O) groups is 2. The summed E-state index contributed by atoms with van der Waals surface area (Å²) < 4.78 is 0.784. The van der Waals surface area contributed by atoms with Gasteiger partial charge >= 0.3 is 0 Å². The maximum atomic E-state index is 11.9. The number of carbonyl (C=O) groups excluding carboxylic acids is 2. The van der Waals surface area contributed by atoms with E-state index >= 15 is 0 Å². The topological polar surface area (TPSA) is 37.4 Å². The number of Topliss-reactive ketones (excluding diaryl/α,β-unsaturated/α-hetero) is 1. The Bertz CT molecular complexity index is 431. The van der Waals surface area contributed by atoms with E-state index < -0.39 is 0 Å². The molecule has 0 unspecified atom stereocenters. The fourth-order valence-electron chi connectivity index (χ4n) is 1.82. The van der Waals surface area contributed by atoms with Gasteiger partial charge in [-0.05, 0) is 12.5 Å². The first-order valence-corrected chi connectivity index (χ1v) is 6.03. The summed E-state index contributed by atoms with van der Waals surface area (Å²) >= 11 is 3.34. The molecule has 0 N–H and O–H groups in total. The van der Waals surface area contributed by atoms with E-state index in [0.29, 0.717) is 18.5 Å². The molecule has 0 radical (unpaired) electrons. The molecular formula is C12H12BrNO2. The van der Waals surface area contributed by atoms with Gasteiger partial charge in [0.1, 0.15) is 0 Å². The first-order valence-electron chi connectivity index (χ1n) is 5.24. The lowest BCUT2D eigenvalue weighted by molar-refractivity contribution is -0.127. The zero-order valence-electron chi connectivity index (χ0n) is 8.78. The number of amides is 1. The van der Waals surface area contributed by atoms with Crippen LogP contribution in [-0.2, 0) is 4.79 Å². The Hall–Kier alpha value is -1.16. The third-order valence-electron chi connectivity index (χ3n) is 2.68. The minimum Gasteiger partial charge on any atom is -0.335 e. The van der Waals surface area contributed by atoms with Gasteiger partial charge in [-0.25, -0.2) is 0 Å². The van der Waals surface area contributed by atoms with Crippen molar-refractivity contribution < 1.29 is 9.59 Å². The molecule has 16 heavy (non-hydrogen) atoms. The lowest BCUT2D eigenvalue weighted by atomic mass is 10.1. The molecule has 1 heterocycles. The van der Waals surface area contributed by atoms with E-state index in [-0.39, 0.29) is 18.2 Å². The molecule has 0 saturated carbocycles. The van der Waals surface area contributed by atoms with Crippen LogP contribution in [0.3, 0.4) is 0 Å². The highest BCUT2D eigenvalue weighted by atomic mass is 79.9. The van der Waals surface area contributed by atoms with Crippen molar-refractivity contribution in [2.45, 2.75) is 12.8 Å². The van der Waals surface area contributed by atoms with E-state index in [0.717, 1.165) is 10.9 Å². The van der Waals surface area contributed by atoms with Gasteiger partial charge in [-0.3, -0.25) is 9.59 Å². The van der Waals surface area contributed by atoms with Crippen molar-refractivity contribution >= 4 is 27.6 Å². The van der Waals surface area contributed by atoms with Crippen molar-refractivity contribution in [3.8, 4) is 0 Å². The zero-order valence-corrected chi connectivity index (χ0v) is 10.4. The molecule has 1 aromatic rings. The molecule has 0 aromatic heterocycles. The summed E-state index contributed by atoms with van der Waals surface area (Å²) in [5.41, 5.74) is 0.641. The SMILES string of the molecule is O=C(CN1CCCC1=O)c1ccccc1Br. The maximum Gasteiger partial charge on any atom is 0.223 e. The van der Waals surface area contributed by atoms with E-state index in [4.69, 9.17) is 0 Å². The smallest absolute Gasteiger partial charge is 0.223 e. The Morgan fingerprint density at radius 3 is 2.75 bits per heavy atom. The van der Waals surface area contributed by atoms with Crippen LogP contribution in [0.4, 0.5) is 0 Å². The molecule has 1 aromatic carbocycles. The molecular weight excluding hydrogens is 270 g/mol. The Labute approximate surface area is 103 Å². The molecule has 1 saturated heterocycles. The molecule has 3 nitrogen and oxygen atoms in total. The van der Waals surface area contributed by atoms with Crippen LogP contribution >= 0.6 is 15.9 Å². The summed E-state index contributed by atoms with van der Waals surface area (Å²) in [5.74, 6) is 0.0723. The first-order chi connectivity index (χ1) is 7.68. The number of ketones is 1. The minimum atomic E-state index is -0.0114. The van der Waals surface area contributed by atoms with Crippen LogP contribution in [0, 0.1) is 0 Å². The fraction of sp³-hybridized carbons (Fsp3) is 0.333. The number of hydrogen-bond acceptors (Lipinski definition) is 2. The molecule has 84 valence electrons. The van der Waals surface area contributed by atoms with Crippen LogP contribution in [0.2, 0.25) is 0 Å². The highest BCUT2D eigenvalue weighted by Gasteiger charge is 2.23. The molecule has 1 aliphatic heterocycles. The Balaban J connectivity index is 2.09. The summed E-state index contributed by atoms with van der Waals surface area (Å²) in [6.45, 7) is 0.899. The van der Waals surface area contributed by atoms with Gasteiger partial charge in [0.25, 0.3) is 0 Å². The third kappa shape index (κ3) is 2.32. The van der Waals surface area contributed by atoms with Crippen LogP contribution < -0.4 is 0 Å². The summed E-state index contributed by atoms with van der Waals surface area (Å²) in [6.07, 6.45) is 1.44. The summed E-state index contributed by atoms with van der Waals surface area (Å²) in [6, 6.07) is 7.29. The van der Waals surface area contributed by atoms with Gasteiger partial charge in [0.15, 0.2) is 5.78 Å². The number of hydrogen-bond donors (Lipinski definition) is 0. The van der Waals surface area contributed by atoms with Crippen molar-refractivity contribution in [1.82, 2.24) is 4.90 Å². The number of likely N-dealkylation sites (tertiary alicyclic amines) is 1. The van der Waals surface area contributed by atoms with Gasteiger partial charge in [0.05, 0.1) is 6.54 Å². The van der Waals surface area contributed by atoms with Crippen molar-refractivity contribution in [3.05, 3.63) is 34.3 Å². The molecule has 1 amide bonds. The fourth-order valence-corrected chi connectivity index (χ4v) is 2.32. The molecule has 0 spiro atoms. The summed E-state index contributed by atoms with van der Waals surface area (Å²) in [4.78, 5) is 25.0. The second-order valence-electron chi connectivity index (χ2n) is 3.82. The molecule has 0 bridgehead atoms. The van der Waals surface area contributed by atoms with Crippen LogP contribution in [0.15, 0.2) is 28.7 Å². The highest BCUT2D eigenvalue weighted by molar-refractivity contribution is 9.10. The maximum absolute atomic E-state index is 11.9. The normalized spacial score (nSPS) is 15.6. The summed E-state index contributed by atoms with van der Waals surface area (Å²) in [7, 11) is 0. The van der Waals surface area contributed by atoms with Crippen molar-refractivity contribution in [1.29, 1.82) is 0 Å². The third-order valence-corrected chi connectivity index (χ3v) is 3.37. The number of rotatable bonds is 3. The standard InChI is InChI=1S/C12H12BrNO2/c13-10-5-2-1-4-9(10)11(15)8-14-7-3-6-12(14)16/h1-2,4-5H,3,6-8H2. The van der Waals surface area contributed by atoms with Crippen molar-refractivity contribution in [2.75, 3.05) is 13.1 Å². The number of nitrogens with zero attached hydrogens (tertiary/aromatic N) is 1. The minimum absolute atomic E-state index is 0.0114. The molecule has 4 heteroatoms. The quantitative estimate of drug-likeness (QED) is 0.797. The lowest BCUT2D eigenvalue weighted by Crippen LogP contribution is -2.30. The van der Waals surface area contributed by atoms with E-state index in [1.165, 1.54) is 0 Å². The molecule has 0 aliphatic carbocycles. The number of benzene rings is 1. The van der Waals surface area contributed by atoms with E-state index in [1.807, 2.05) is 18.2 Å². The Kier molecular flexibility index (Phi) is 3.39. The molecule has 0 atom stereocenters. The second kappa shape index (κ2) is 4.78. The largest absolute Gasteiger partial charge is 0.335 e. The molecule has 2 rings (SSSR count). The van der Waals surface area contributed by atoms with E-state index in [1.54, 1.807) is 11.0 Å². The number of halogens is 1. The van der Waals surface area contributed by atoms with Gasteiger partial charge in [-0.2, -0.15) is 0 Å². The van der Waals surface area contributed by atoms with Crippen molar-refractivity contribution in [3.63, 3.8) is 0 Å². The van der Waals surface area contributed by atoms with Gasteiger partial charge in [-0.1, -0.05) is 34.1 Å². The van der Waals surface area contributed by atoms with Crippen molar-refractivity contribution in [2.24, 2.45) is 0 Å². The van der Waals surface area contributed by atoms with E-state index in [2.05, 4.69) is 15.9 Å². The van der Waals surface area contributed by atoms with Crippen LogP contribution in [0.25, 0.3) is 0 Å². The van der Waals surface area contributed by atoms with E-state index in [9.17, 15) is 9.59 Å². The van der Waals surface area contributed by atoms with Gasteiger partial charge < -0.3 is 4.90 Å². The Morgan fingerprint density at radius 2 is 2.12 bits per heavy atom. The van der Waals surface area contributed by atoms with Gasteiger partial charge in [0, 0.05) is 23.0 Å². The first kappa shape index (κ1) is 11.3. The highest BCUT2D eigenvalue weighted by Crippen LogP contribution is 2.18. The van der Waals surface area contributed by atoms with Crippen LogP contribution in [0.1, 0.15) is 23.2 Å². The predicted octanol–water partition coefficient (Wildman–Crippen LogP) is 2.25. The van der Waals surface area contributed by atoms with Gasteiger partial charge in [-0.15, -0.1) is 0 Å². The lowest BCUT2D eigenvalue weighted by Gasteiger charge is -2.14. The second-order valence-corrected chi connectivity index (χ2v) is 4.68. The zero-order chi connectivity index (χ0) is 11.5. The van der Waals surface area contributed by atoms with Crippen LogP contribution in [0.5, 0.6) is 0 Å². The molecule has 1 aliphatic rings. The molecule has 1 fully saturated rings. The Morgan fingerprint density at radius 1 is 1.38 bits per heavy atom.